The first-order valence-electron chi connectivity index (χ1n) is 11.8. The van der Waals surface area contributed by atoms with Crippen LogP contribution in [0, 0.1) is 0 Å². The number of benzene rings is 2. The summed E-state index contributed by atoms with van der Waals surface area (Å²) in [7, 11) is 1.68. The summed E-state index contributed by atoms with van der Waals surface area (Å²) >= 11 is 3.74. The van der Waals surface area contributed by atoms with Crippen LogP contribution in [-0.2, 0) is 6.61 Å². The molecular weight excluding hydrogens is 468 g/mol. The van der Waals surface area contributed by atoms with Crippen molar-refractivity contribution >= 4 is 15.9 Å². The highest BCUT2D eigenvalue weighted by atomic mass is 79.9. The van der Waals surface area contributed by atoms with Gasteiger partial charge in [-0.3, -0.25) is 0 Å². The molecule has 1 aliphatic heterocycles. The second kappa shape index (κ2) is 11.0. The monoisotopic (exact) mass is 502 g/mol. The van der Waals surface area contributed by atoms with E-state index in [0.717, 1.165) is 74.0 Å². The van der Waals surface area contributed by atoms with Crippen molar-refractivity contribution in [3.05, 3.63) is 58.1 Å². The lowest BCUT2D eigenvalue weighted by Gasteiger charge is -2.42. The minimum absolute atomic E-state index is 0.0364. The van der Waals surface area contributed by atoms with Gasteiger partial charge in [0.05, 0.1) is 17.2 Å². The number of nitrogens with zero attached hydrogens (tertiary/aromatic N) is 1. The van der Waals surface area contributed by atoms with Gasteiger partial charge in [0.15, 0.2) is 11.5 Å². The molecule has 1 aliphatic carbocycles. The molecule has 1 saturated heterocycles. The Kier molecular flexibility index (Phi) is 8.11. The van der Waals surface area contributed by atoms with E-state index in [1.54, 1.807) is 7.11 Å². The van der Waals surface area contributed by atoms with Crippen LogP contribution in [0.3, 0.4) is 0 Å². The summed E-state index contributed by atoms with van der Waals surface area (Å²) in [4.78, 5) is 2.48. The standard InChI is InChI=1S/C26H35BrN2O3/c1-31-24-17-21(16-23(27)25(24)32-19-20-8-4-2-5-9-20)22(18-29-14-12-28-13-15-29)26(30)10-6-3-7-11-26/h2,4-5,8-9,16-17,22,28,30H,3,6-7,10-15,18-19H2,1H3. The third kappa shape index (κ3) is 5.66. The first kappa shape index (κ1) is 23.6. The molecule has 4 rings (SSSR count). The van der Waals surface area contributed by atoms with Gasteiger partial charge in [0.2, 0.25) is 0 Å². The fourth-order valence-electron chi connectivity index (χ4n) is 5.06. The van der Waals surface area contributed by atoms with E-state index in [2.05, 4.69) is 50.4 Å². The number of methoxy groups -OCH3 is 1. The lowest BCUT2D eigenvalue weighted by molar-refractivity contribution is -0.0317. The average Bonchev–Trinajstić information content (AvgIpc) is 2.83. The molecule has 2 fully saturated rings. The van der Waals surface area contributed by atoms with Crippen molar-refractivity contribution in [2.75, 3.05) is 39.8 Å². The minimum Gasteiger partial charge on any atom is -0.493 e. The molecule has 0 radical (unpaired) electrons. The minimum atomic E-state index is -0.681. The maximum Gasteiger partial charge on any atom is 0.175 e. The summed E-state index contributed by atoms with van der Waals surface area (Å²) in [5.41, 5.74) is 1.54. The third-order valence-electron chi connectivity index (χ3n) is 6.90. The Hall–Kier alpha value is -1.60. The summed E-state index contributed by atoms with van der Waals surface area (Å²) in [5.74, 6) is 1.45. The van der Waals surface area contributed by atoms with Gasteiger partial charge in [-0.1, -0.05) is 49.6 Å². The zero-order valence-electron chi connectivity index (χ0n) is 19.0. The van der Waals surface area contributed by atoms with Crippen molar-refractivity contribution in [1.29, 1.82) is 0 Å². The predicted octanol–water partition coefficient (Wildman–Crippen LogP) is 4.72. The zero-order valence-corrected chi connectivity index (χ0v) is 20.6. The molecule has 0 spiro atoms. The number of piperazine rings is 1. The van der Waals surface area contributed by atoms with Crippen molar-refractivity contribution in [2.45, 2.75) is 50.2 Å². The van der Waals surface area contributed by atoms with Gasteiger partial charge in [-0.15, -0.1) is 0 Å². The molecule has 0 aromatic heterocycles. The zero-order chi connectivity index (χ0) is 22.4. The summed E-state index contributed by atoms with van der Waals surface area (Å²) in [6, 6.07) is 14.3. The van der Waals surface area contributed by atoms with E-state index in [9.17, 15) is 5.11 Å². The Morgan fingerprint density at radius 1 is 1.09 bits per heavy atom. The molecule has 1 unspecified atom stereocenters. The van der Waals surface area contributed by atoms with Crippen LogP contribution < -0.4 is 14.8 Å². The van der Waals surface area contributed by atoms with Crippen molar-refractivity contribution < 1.29 is 14.6 Å². The number of halogens is 1. The van der Waals surface area contributed by atoms with Crippen LogP contribution in [0.5, 0.6) is 11.5 Å². The van der Waals surface area contributed by atoms with E-state index in [0.29, 0.717) is 18.1 Å². The van der Waals surface area contributed by atoms with Crippen molar-refractivity contribution in [3.8, 4) is 11.5 Å². The Morgan fingerprint density at radius 2 is 1.81 bits per heavy atom. The molecule has 0 amide bonds. The number of aliphatic hydroxyl groups is 1. The van der Waals surface area contributed by atoms with Crippen molar-refractivity contribution in [2.24, 2.45) is 0 Å². The molecule has 1 saturated carbocycles. The van der Waals surface area contributed by atoms with Crippen LogP contribution in [0.1, 0.15) is 49.1 Å². The van der Waals surface area contributed by atoms with Gasteiger partial charge in [-0.25, -0.2) is 0 Å². The molecule has 6 heteroatoms. The number of ether oxygens (including phenoxy) is 2. The van der Waals surface area contributed by atoms with Gasteiger partial charge >= 0.3 is 0 Å². The van der Waals surface area contributed by atoms with Crippen molar-refractivity contribution in [1.82, 2.24) is 10.2 Å². The van der Waals surface area contributed by atoms with Gasteiger partial charge in [0.1, 0.15) is 6.61 Å². The van der Waals surface area contributed by atoms with Gasteiger partial charge in [0, 0.05) is 38.6 Å². The SMILES string of the molecule is COc1cc(C(CN2CCNCC2)C2(O)CCCCC2)cc(Br)c1OCc1ccccc1. The highest BCUT2D eigenvalue weighted by Crippen LogP contribution is 2.45. The maximum atomic E-state index is 11.8. The summed E-state index contributed by atoms with van der Waals surface area (Å²) in [6.45, 7) is 5.38. The van der Waals surface area contributed by atoms with Crippen LogP contribution >= 0.6 is 15.9 Å². The largest absolute Gasteiger partial charge is 0.493 e. The normalized spacial score (nSPS) is 20.0. The first-order chi connectivity index (χ1) is 15.6. The van der Waals surface area contributed by atoms with Crippen LogP contribution in [0.2, 0.25) is 0 Å². The van der Waals surface area contributed by atoms with Crippen LogP contribution in [0.15, 0.2) is 46.9 Å². The quantitative estimate of drug-likeness (QED) is 0.546. The molecular formula is C26H35BrN2O3. The second-order valence-electron chi connectivity index (χ2n) is 9.08. The summed E-state index contributed by atoms with van der Waals surface area (Å²) in [6.07, 6.45) is 5.10. The van der Waals surface area contributed by atoms with Crippen molar-refractivity contribution in [3.63, 3.8) is 0 Å². The fourth-order valence-corrected chi connectivity index (χ4v) is 5.63. The highest BCUT2D eigenvalue weighted by Gasteiger charge is 2.40. The van der Waals surface area contributed by atoms with Gasteiger partial charge in [-0.2, -0.15) is 0 Å². The van der Waals surface area contributed by atoms with E-state index in [1.807, 2.05) is 18.2 Å². The molecule has 174 valence electrons. The Morgan fingerprint density at radius 3 is 2.50 bits per heavy atom. The molecule has 1 heterocycles. The van der Waals surface area contributed by atoms with Crippen LogP contribution in [0.25, 0.3) is 0 Å². The van der Waals surface area contributed by atoms with Gasteiger partial charge in [-0.05, 0) is 52.0 Å². The van der Waals surface area contributed by atoms with E-state index in [-0.39, 0.29) is 5.92 Å². The lowest BCUT2D eigenvalue weighted by Crippen LogP contribution is -2.49. The molecule has 32 heavy (non-hydrogen) atoms. The smallest absolute Gasteiger partial charge is 0.175 e. The molecule has 1 atom stereocenters. The summed E-state index contributed by atoms with van der Waals surface area (Å²) in [5, 5.41) is 15.2. The Balaban J connectivity index is 1.61. The second-order valence-corrected chi connectivity index (χ2v) is 9.93. The maximum absolute atomic E-state index is 11.8. The van der Waals surface area contributed by atoms with E-state index >= 15 is 0 Å². The first-order valence-corrected chi connectivity index (χ1v) is 12.6. The Bertz CT molecular complexity index is 865. The lowest BCUT2D eigenvalue weighted by atomic mass is 9.72. The number of hydrogen-bond acceptors (Lipinski definition) is 5. The topological polar surface area (TPSA) is 54.0 Å². The van der Waals surface area contributed by atoms with E-state index in [4.69, 9.17) is 9.47 Å². The number of nitrogens with one attached hydrogen (secondary N) is 1. The number of hydrogen-bond donors (Lipinski definition) is 2. The summed E-state index contributed by atoms with van der Waals surface area (Å²) < 4.78 is 12.8. The van der Waals surface area contributed by atoms with Crippen LogP contribution in [-0.4, -0.2) is 55.4 Å². The molecule has 2 aromatic rings. The molecule has 5 nitrogen and oxygen atoms in total. The third-order valence-corrected chi connectivity index (χ3v) is 7.49. The molecule has 2 N–H and O–H groups in total. The van der Waals surface area contributed by atoms with Gasteiger partial charge in [0.25, 0.3) is 0 Å². The predicted molar refractivity (Wildman–Crippen MR) is 132 cm³/mol. The fraction of sp³-hybridized carbons (Fsp3) is 0.538. The van der Waals surface area contributed by atoms with E-state index in [1.165, 1.54) is 6.42 Å². The van der Waals surface area contributed by atoms with Gasteiger partial charge < -0.3 is 24.8 Å². The molecule has 2 aliphatic rings. The van der Waals surface area contributed by atoms with Crippen LogP contribution in [0.4, 0.5) is 0 Å². The Labute approximate surface area is 200 Å². The molecule has 2 aromatic carbocycles. The highest BCUT2D eigenvalue weighted by molar-refractivity contribution is 9.10. The number of rotatable bonds is 8. The van der Waals surface area contributed by atoms with E-state index < -0.39 is 5.60 Å². The average molecular weight is 503 g/mol. The molecule has 0 bridgehead atoms.